The molecule has 0 unspecified atom stereocenters. The SMILES string of the molecule is COC(=O)[C@@H](CC(=O)c1ccc(-c2ccccc2)cc1)c1ccccc1. The van der Waals surface area contributed by atoms with E-state index < -0.39 is 11.9 Å². The number of Topliss-reactive ketones (excluding diaryl/α,β-unsaturated/α-hetero) is 1. The number of benzene rings is 3. The summed E-state index contributed by atoms with van der Waals surface area (Å²) >= 11 is 0. The molecule has 0 aromatic heterocycles. The number of ketones is 1. The molecule has 0 aliphatic carbocycles. The zero-order valence-corrected chi connectivity index (χ0v) is 14.6. The second-order valence-electron chi connectivity index (χ2n) is 6.06. The fourth-order valence-corrected chi connectivity index (χ4v) is 2.95. The van der Waals surface area contributed by atoms with E-state index in [1.165, 1.54) is 7.11 Å². The van der Waals surface area contributed by atoms with E-state index >= 15 is 0 Å². The van der Waals surface area contributed by atoms with Gasteiger partial charge in [0.25, 0.3) is 0 Å². The van der Waals surface area contributed by atoms with Crippen molar-refractivity contribution < 1.29 is 14.3 Å². The van der Waals surface area contributed by atoms with Crippen molar-refractivity contribution in [1.29, 1.82) is 0 Å². The molecule has 0 bridgehead atoms. The van der Waals surface area contributed by atoms with Gasteiger partial charge in [-0.3, -0.25) is 9.59 Å². The quantitative estimate of drug-likeness (QED) is 0.473. The molecule has 3 nitrogen and oxygen atoms in total. The van der Waals surface area contributed by atoms with Crippen LogP contribution in [0.3, 0.4) is 0 Å². The van der Waals surface area contributed by atoms with Gasteiger partial charge in [-0.15, -0.1) is 0 Å². The molecule has 0 saturated carbocycles. The average molecular weight is 344 g/mol. The summed E-state index contributed by atoms with van der Waals surface area (Å²) in [7, 11) is 1.34. The smallest absolute Gasteiger partial charge is 0.313 e. The molecule has 3 rings (SSSR count). The van der Waals surface area contributed by atoms with Crippen LogP contribution in [0.5, 0.6) is 0 Å². The molecule has 0 N–H and O–H groups in total. The number of carbonyl (C=O) groups is 2. The van der Waals surface area contributed by atoms with E-state index in [-0.39, 0.29) is 12.2 Å². The average Bonchev–Trinajstić information content (AvgIpc) is 2.72. The highest BCUT2D eigenvalue weighted by atomic mass is 16.5. The van der Waals surface area contributed by atoms with Gasteiger partial charge in [-0.25, -0.2) is 0 Å². The van der Waals surface area contributed by atoms with Gasteiger partial charge < -0.3 is 4.74 Å². The molecule has 1 atom stereocenters. The first-order chi connectivity index (χ1) is 12.7. The predicted octanol–water partition coefficient (Wildman–Crippen LogP) is 4.88. The molecule has 26 heavy (non-hydrogen) atoms. The zero-order valence-electron chi connectivity index (χ0n) is 14.6. The molecule has 0 heterocycles. The third-order valence-corrected chi connectivity index (χ3v) is 4.39. The predicted molar refractivity (Wildman–Crippen MR) is 102 cm³/mol. The number of carbonyl (C=O) groups excluding carboxylic acids is 2. The summed E-state index contributed by atoms with van der Waals surface area (Å²) in [6.07, 6.45) is 0.0847. The number of hydrogen-bond acceptors (Lipinski definition) is 3. The summed E-state index contributed by atoms with van der Waals surface area (Å²) < 4.78 is 4.89. The van der Waals surface area contributed by atoms with Crippen LogP contribution in [-0.2, 0) is 9.53 Å². The first kappa shape index (κ1) is 17.6. The van der Waals surface area contributed by atoms with Crippen LogP contribution in [0.25, 0.3) is 11.1 Å². The highest BCUT2D eigenvalue weighted by molar-refractivity contribution is 5.99. The van der Waals surface area contributed by atoms with Crippen molar-refractivity contribution in [2.45, 2.75) is 12.3 Å². The van der Waals surface area contributed by atoms with Crippen LogP contribution >= 0.6 is 0 Å². The van der Waals surface area contributed by atoms with Gasteiger partial charge in [0.1, 0.15) is 0 Å². The third kappa shape index (κ3) is 4.06. The van der Waals surface area contributed by atoms with Crippen LogP contribution in [0, 0.1) is 0 Å². The largest absolute Gasteiger partial charge is 0.469 e. The summed E-state index contributed by atoms with van der Waals surface area (Å²) in [6.45, 7) is 0. The molecule has 3 aromatic carbocycles. The van der Waals surface area contributed by atoms with Crippen LogP contribution in [0.2, 0.25) is 0 Å². The second kappa shape index (κ2) is 8.26. The van der Waals surface area contributed by atoms with Crippen LogP contribution < -0.4 is 0 Å². The Morgan fingerprint density at radius 3 is 1.88 bits per heavy atom. The summed E-state index contributed by atoms with van der Waals surface area (Å²) in [6, 6.07) is 26.7. The van der Waals surface area contributed by atoms with Crippen LogP contribution in [0.15, 0.2) is 84.9 Å². The first-order valence-corrected chi connectivity index (χ1v) is 8.50. The van der Waals surface area contributed by atoms with Crippen LogP contribution in [-0.4, -0.2) is 18.9 Å². The highest BCUT2D eigenvalue weighted by Crippen LogP contribution is 2.25. The molecule has 0 amide bonds. The summed E-state index contributed by atoms with van der Waals surface area (Å²) in [5.74, 6) is -1.07. The maximum absolute atomic E-state index is 12.7. The molecule has 0 saturated heterocycles. The van der Waals surface area contributed by atoms with Gasteiger partial charge >= 0.3 is 5.97 Å². The fourth-order valence-electron chi connectivity index (χ4n) is 2.95. The zero-order chi connectivity index (χ0) is 18.4. The van der Waals surface area contributed by atoms with Crippen molar-refractivity contribution in [1.82, 2.24) is 0 Å². The third-order valence-electron chi connectivity index (χ3n) is 4.39. The van der Waals surface area contributed by atoms with Gasteiger partial charge in [0.2, 0.25) is 0 Å². The maximum atomic E-state index is 12.7. The van der Waals surface area contributed by atoms with E-state index in [4.69, 9.17) is 4.74 Å². The van der Waals surface area contributed by atoms with Crippen molar-refractivity contribution in [3.05, 3.63) is 96.1 Å². The van der Waals surface area contributed by atoms with Gasteiger partial charge in [-0.2, -0.15) is 0 Å². The molecule has 0 aliphatic heterocycles. The van der Waals surface area contributed by atoms with Gasteiger partial charge in [-0.1, -0.05) is 84.9 Å². The normalized spacial score (nSPS) is 11.6. The topological polar surface area (TPSA) is 43.4 Å². The van der Waals surface area contributed by atoms with Gasteiger partial charge in [0, 0.05) is 12.0 Å². The minimum atomic E-state index is -0.595. The van der Waals surface area contributed by atoms with Crippen molar-refractivity contribution in [2.24, 2.45) is 0 Å². The molecule has 130 valence electrons. The summed E-state index contributed by atoms with van der Waals surface area (Å²) in [5.41, 5.74) is 3.53. The Morgan fingerprint density at radius 2 is 1.31 bits per heavy atom. The van der Waals surface area contributed by atoms with Gasteiger partial charge in [0.05, 0.1) is 13.0 Å². The number of methoxy groups -OCH3 is 1. The van der Waals surface area contributed by atoms with Crippen molar-refractivity contribution in [3.63, 3.8) is 0 Å². The molecule has 0 radical (unpaired) electrons. The van der Waals surface area contributed by atoms with E-state index in [1.54, 1.807) is 0 Å². The summed E-state index contributed by atoms with van der Waals surface area (Å²) in [5, 5.41) is 0. The van der Waals surface area contributed by atoms with Crippen molar-refractivity contribution >= 4 is 11.8 Å². The number of esters is 1. The van der Waals surface area contributed by atoms with Gasteiger partial charge in [0.15, 0.2) is 5.78 Å². The van der Waals surface area contributed by atoms with E-state index in [0.29, 0.717) is 5.56 Å². The Balaban J connectivity index is 1.78. The van der Waals surface area contributed by atoms with Crippen LogP contribution in [0.4, 0.5) is 0 Å². The van der Waals surface area contributed by atoms with E-state index in [1.807, 2.05) is 84.9 Å². The molecule has 3 heteroatoms. The van der Waals surface area contributed by atoms with Gasteiger partial charge in [-0.05, 0) is 16.7 Å². The minimum absolute atomic E-state index is 0.0798. The van der Waals surface area contributed by atoms with Crippen molar-refractivity contribution in [2.75, 3.05) is 7.11 Å². The first-order valence-electron chi connectivity index (χ1n) is 8.50. The number of hydrogen-bond donors (Lipinski definition) is 0. The molecule has 3 aromatic rings. The number of ether oxygens (including phenoxy) is 1. The Morgan fingerprint density at radius 1 is 0.769 bits per heavy atom. The lowest BCUT2D eigenvalue weighted by atomic mass is 9.91. The number of rotatable bonds is 6. The lowest BCUT2D eigenvalue weighted by Gasteiger charge is -2.14. The Hall–Kier alpha value is -3.20. The van der Waals surface area contributed by atoms with Crippen molar-refractivity contribution in [3.8, 4) is 11.1 Å². The second-order valence-corrected chi connectivity index (χ2v) is 6.06. The lowest BCUT2D eigenvalue weighted by Crippen LogP contribution is -2.18. The van der Waals surface area contributed by atoms with E-state index in [2.05, 4.69) is 0 Å². The Kier molecular flexibility index (Phi) is 5.59. The Labute approximate surface area is 153 Å². The molecule has 0 aliphatic rings. The summed E-state index contributed by atoms with van der Waals surface area (Å²) in [4.78, 5) is 24.8. The van der Waals surface area contributed by atoms with E-state index in [9.17, 15) is 9.59 Å². The monoisotopic (exact) mass is 344 g/mol. The molecular weight excluding hydrogens is 324 g/mol. The molecular formula is C23H20O3. The molecule has 0 spiro atoms. The Bertz CT molecular complexity index is 868. The standard InChI is InChI=1S/C23H20O3/c1-26-23(25)21(19-10-6-3-7-11-19)16-22(24)20-14-12-18(13-15-20)17-8-4-2-5-9-17/h2-15,21H,16H2,1H3/t21-/m0/s1. The fraction of sp³-hybridized carbons (Fsp3) is 0.130. The minimum Gasteiger partial charge on any atom is -0.469 e. The lowest BCUT2D eigenvalue weighted by molar-refractivity contribution is -0.142. The highest BCUT2D eigenvalue weighted by Gasteiger charge is 2.25. The molecule has 0 fully saturated rings. The maximum Gasteiger partial charge on any atom is 0.313 e. The van der Waals surface area contributed by atoms with Crippen LogP contribution in [0.1, 0.15) is 28.3 Å². The van der Waals surface area contributed by atoms with E-state index in [0.717, 1.165) is 16.7 Å².